The molecule has 0 aromatic carbocycles. The Labute approximate surface area is 351 Å². The van der Waals surface area contributed by atoms with Gasteiger partial charge < -0.3 is 80.2 Å². The maximum atomic E-state index is 14.3. The topological polar surface area (TPSA) is 297 Å². The van der Waals surface area contributed by atoms with Gasteiger partial charge in [0.1, 0.15) is 48.8 Å². The van der Waals surface area contributed by atoms with Crippen molar-refractivity contribution in [3.05, 3.63) is 0 Å². The van der Waals surface area contributed by atoms with Crippen molar-refractivity contribution in [1.29, 1.82) is 0 Å². The van der Waals surface area contributed by atoms with Gasteiger partial charge in [0.2, 0.25) is 6.29 Å². The summed E-state index contributed by atoms with van der Waals surface area (Å²) in [6, 6.07) is 0. The molecule has 7 rings (SSSR count). The molecule has 12 N–H and O–H groups in total. The minimum atomic E-state index is -1.80. The third kappa shape index (κ3) is 6.61. The average molecular weight is 861 g/mol. The van der Waals surface area contributed by atoms with Crippen LogP contribution >= 0.6 is 0 Å². The molecule has 17 nitrogen and oxygen atoms in total. The largest absolute Gasteiger partial charge is 0.432 e. The lowest BCUT2D eigenvalue weighted by atomic mass is 9.41. The van der Waals surface area contributed by atoms with Gasteiger partial charge in [-0.15, -0.1) is 0 Å². The summed E-state index contributed by atoms with van der Waals surface area (Å²) in [6.45, 7) is 10.4. The van der Waals surface area contributed by atoms with Crippen LogP contribution in [0.1, 0.15) is 99.3 Å². The number of aliphatic hydroxyl groups is 12. The first kappa shape index (κ1) is 46.9. The maximum Gasteiger partial charge on any atom is 0.317 e. The first-order valence-electron chi connectivity index (χ1n) is 22.2. The summed E-state index contributed by atoms with van der Waals surface area (Å²) in [5, 5.41) is 129. The molecule has 2 spiro atoms. The van der Waals surface area contributed by atoms with Crippen molar-refractivity contribution in [1.82, 2.24) is 0 Å². The van der Waals surface area contributed by atoms with Gasteiger partial charge in [-0.25, -0.2) is 0 Å². The summed E-state index contributed by atoms with van der Waals surface area (Å²) in [7, 11) is 0. The van der Waals surface area contributed by atoms with Gasteiger partial charge in [0.05, 0.1) is 49.1 Å². The first-order valence-corrected chi connectivity index (χ1v) is 22.2. The monoisotopic (exact) mass is 860 g/mol. The van der Waals surface area contributed by atoms with Crippen LogP contribution in [0, 0.1) is 56.7 Å². The molecule has 0 radical (unpaired) electrons. The molecule has 5 aliphatic carbocycles. The molecular formula is C43H72O17. The van der Waals surface area contributed by atoms with Gasteiger partial charge >= 0.3 is 5.97 Å². The number of carbonyl (C=O) groups excluding carboxylic acids is 1. The number of fused-ring (bicyclic) bond motifs is 2. The normalized spacial score (nSPS) is 53.9. The number of esters is 1. The number of hydrogen-bond acceptors (Lipinski definition) is 17. The predicted molar refractivity (Wildman–Crippen MR) is 208 cm³/mol. The molecule has 0 aromatic rings. The summed E-state index contributed by atoms with van der Waals surface area (Å²) < 4.78 is 22.5. The third-order valence-electron chi connectivity index (χ3n) is 18.4. The molecule has 2 aliphatic heterocycles. The number of aliphatic hydroxyl groups excluding tert-OH is 11. The van der Waals surface area contributed by atoms with Crippen LogP contribution in [-0.2, 0) is 23.7 Å². The molecule has 2 saturated heterocycles. The second-order valence-corrected chi connectivity index (χ2v) is 21.1. The van der Waals surface area contributed by atoms with E-state index in [1.165, 1.54) is 0 Å². The van der Waals surface area contributed by atoms with Gasteiger partial charge in [-0.1, -0.05) is 34.6 Å². The SMILES string of the molecule is CC(C)[C@@](O)(CC[C@@H](C)[C@H]1[C@H](O)C[C@@]2(C)[C@@H]3CC[C@H]4[C@](C)(C(=O)O[C@@H]5O[C@H](CO)[C@@H](O)[C@H](O)[C@H]5O)[C@@H](O)C[C@H](O)[C@@]45C[C@@]35CC[C@]12C)CO[C@@H]1O[C@H](CO)[C@@H](O)[C@H](O)[C@H]1O. The zero-order valence-electron chi connectivity index (χ0n) is 35.8. The van der Waals surface area contributed by atoms with E-state index < -0.39 is 121 Å². The average Bonchev–Trinajstić information content (AvgIpc) is 3.84. The highest BCUT2D eigenvalue weighted by molar-refractivity contribution is 5.78. The Balaban J connectivity index is 1.07. The van der Waals surface area contributed by atoms with Crippen molar-refractivity contribution in [2.24, 2.45) is 56.7 Å². The maximum absolute atomic E-state index is 14.3. The van der Waals surface area contributed by atoms with E-state index in [4.69, 9.17) is 18.9 Å². The summed E-state index contributed by atoms with van der Waals surface area (Å²) >= 11 is 0. The molecule has 0 bridgehead atoms. The zero-order valence-corrected chi connectivity index (χ0v) is 35.8. The molecule has 23 atom stereocenters. The Morgan fingerprint density at radius 1 is 0.750 bits per heavy atom. The fraction of sp³-hybridized carbons (Fsp3) is 0.977. The summed E-state index contributed by atoms with van der Waals surface area (Å²) in [4.78, 5) is 14.3. The van der Waals surface area contributed by atoms with E-state index in [9.17, 15) is 66.1 Å². The van der Waals surface area contributed by atoms with Crippen LogP contribution in [0.2, 0.25) is 0 Å². The van der Waals surface area contributed by atoms with E-state index in [1.54, 1.807) is 6.92 Å². The van der Waals surface area contributed by atoms with Gasteiger partial charge in [-0.2, -0.15) is 0 Å². The standard InChI is InChI=1S/C43H72O17/c1-19(2)42(56,18-57-35-33(53)31(51)29(49)22(15-44)58-35)10-9-20(3)28-21(46)14-39(5)24-7-8-25-40(6,37(55)60-36-34(54)32(52)30(50)23(16-45)59-36)26(47)13-27(48)43(25)17-41(24,43)12-11-38(28,39)4/h19-36,44-54,56H,7-18H2,1-6H3/t20-,21-,22-,23-,24+,25+,26+,27+,28+,29-,30-,31+,32+,33-,34-,35-,36+,38-,39+,40+,41+,42-,43-/m1/s1. The van der Waals surface area contributed by atoms with E-state index in [-0.39, 0.29) is 52.9 Å². The van der Waals surface area contributed by atoms with Crippen LogP contribution in [0.5, 0.6) is 0 Å². The summed E-state index contributed by atoms with van der Waals surface area (Å²) in [5.41, 5.74) is -4.67. The number of ether oxygens (including phenoxy) is 4. The highest BCUT2D eigenvalue weighted by atomic mass is 16.7. The molecule has 5 saturated carbocycles. The first-order chi connectivity index (χ1) is 27.9. The number of rotatable bonds is 12. The van der Waals surface area contributed by atoms with Gasteiger partial charge in [-0.3, -0.25) is 4.79 Å². The smallest absolute Gasteiger partial charge is 0.317 e. The van der Waals surface area contributed by atoms with Crippen LogP contribution < -0.4 is 0 Å². The molecular weight excluding hydrogens is 788 g/mol. The second-order valence-electron chi connectivity index (χ2n) is 21.1. The number of carbonyl (C=O) groups is 1. The van der Waals surface area contributed by atoms with Crippen LogP contribution in [0.3, 0.4) is 0 Å². The predicted octanol–water partition coefficient (Wildman–Crippen LogP) is -1.33. The Morgan fingerprint density at radius 3 is 1.90 bits per heavy atom. The quantitative estimate of drug-likeness (QED) is 0.101. The molecule has 0 aromatic heterocycles. The molecule has 7 fully saturated rings. The third-order valence-corrected chi connectivity index (χ3v) is 18.4. The molecule has 346 valence electrons. The lowest BCUT2D eigenvalue weighted by molar-refractivity contribution is -0.310. The van der Waals surface area contributed by atoms with Crippen molar-refractivity contribution in [3.63, 3.8) is 0 Å². The molecule has 0 unspecified atom stereocenters. The van der Waals surface area contributed by atoms with E-state index in [2.05, 4.69) is 20.8 Å². The summed E-state index contributed by atoms with van der Waals surface area (Å²) in [6.07, 6.45) is -13.7. The van der Waals surface area contributed by atoms with E-state index in [0.717, 1.165) is 12.8 Å². The fourth-order valence-electron chi connectivity index (χ4n) is 14.5. The van der Waals surface area contributed by atoms with Crippen molar-refractivity contribution in [2.45, 2.75) is 185 Å². The second kappa shape index (κ2) is 16.1. The lowest BCUT2D eigenvalue weighted by Gasteiger charge is -2.63. The Hall–Kier alpha value is -1.13. The number of hydrogen-bond donors (Lipinski definition) is 12. The van der Waals surface area contributed by atoms with Crippen molar-refractivity contribution >= 4 is 5.97 Å². The minimum absolute atomic E-state index is 0.0428. The Kier molecular flexibility index (Phi) is 12.6. The highest BCUT2D eigenvalue weighted by Crippen LogP contribution is 2.89. The van der Waals surface area contributed by atoms with Crippen molar-refractivity contribution in [2.75, 3.05) is 19.8 Å². The van der Waals surface area contributed by atoms with Crippen LogP contribution in [-0.4, -0.2) is 172 Å². The van der Waals surface area contributed by atoms with Crippen molar-refractivity contribution in [3.8, 4) is 0 Å². The van der Waals surface area contributed by atoms with Crippen LogP contribution in [0.25, 0.3) is 0 Å². The summed E-state index contributed by atoms with van der Waals surface area (Å²) in [5.74, 6) is -1.73. The lowest BCUT2D eigenvalue weighted by Crippen LogP contribution is -2.65. The van der Waals surface area contributed by atoms with Gasteiger partial charge in [0, 0.05) is 11.8 Å². The molecule has 7 aliphatic rings. The van der Waals surface area contributed by atoms with E-state index in [1.807, 2.05) is 13.8 Å². The zero-order chi connectivity index (χ0) is 44.3. The molecule has 0 amide bonds. The van der Waals surface area contributed by atoms with Crippen molar-refractivity contribution < 1.29 is 85.0 Å². The Bertz CT molecular complexity index is 1570. The van der Waals surface area contributed by atoms with Gasteiger partial charge in [-0.05, 0) is 104 Å². The highest BCUT2D eigenvalue weighted by Gasteiger charge is 2.86. The van der Waals surface area contributed by atoms with E-state index >= 15 is 0 Å². The van der Waals surface area contributed by atoms with Gasteiger partial charge in [0.15, 0.2) is 6.29 Å². The Morgan fingerprint density at radius 2 is 1.32 bits per heavy atom. The van der Waals surface area contributed by atoms with E-state index in [0.29, 0.717) is 38.5 Å². The molecule has 17 heteroatoms. The van der Waals surface area contributed by atoms with Crippen LogP contribution in [0.15, 0.2) is 0 Å². The fourth-order valence-corrected chi connectivity index (χ4v) is 14.5. The molecule has 2 heterocycles. The van der Waals surface area contributed by atoms with Gasteiger partial charge in [0.25, 0.3) is 0 Å². The minimum Gasteiger partial charge on any atom is -0.432 e. The molecule has 60 heavy (non-hydrogen) atoms. The van der Waals surface area contributed by atoms with Crippen LogP contribution in [0.4, 0.5) is 0 Å².